The van der Waals surface area contributed by atoms with Crippen molar-refractivity contribution in [1.82, 2.24) is 14.9 Å². The zero-order valence-corrected chi connectivity index (χ0v) is 13.9. The van der Waals surface area contributed by atoms with E-state index in [0.717, 1.165) is 17.1 Å². The van der Waals surface area contributed by atoms with E-state index in [0.29, 0.717) is 18.9 Å². The number of aromatic nitrogens is 2. The number of rotatable bonds is 2. The van der Waals surface area contributed by atoms with Crippen LogP contribution < -0.4 is 14.8 Å². The molecule has 126 valence electrons. The smallest absolute Gasteiger partial charge is 0.323 e. The SMILES string of the molecule is COc1ccc2c(c1)OC(C)(C)CN(C(=O)Nc1ccncn1)C2. The maximum atomic E-state index is 12.6. The Labute approximate surface area is 140 Å². The van der Waals surface area contributed by atoms with Gasteiger partial charge in [-0.2, -0.15) is 0 Å². The van der Waals surface area contributed by atoms with Gasteiger partial charge in [-0.3, -0.25) is 5.32 Å². The van der Waals surface area contributed by atoms with E-state index < -0.39 is 5.60 Å². The van der Waals surface area contributed by atoms with Crippen molar-refractivity contribution in [3.05, 3.63) is 42.4 Å². The van der Waals surface area contributed by atoms with Gasteiger partial charge in [-0.05, 0) is 32.0 Å². The Morgan fingerprint density at radius 1 is 1.38 bits per heavy atom. The summed E-state index contributed by atoms with van der Waals surface area (Å²) < 4.78 is 11.3. The van der Waals surface area contributed by atoms with Crippen molar-refractivity contribution in [2.24, 2.45) is 0 Å². The second-order valence-corrected chi connectivity index (χ2v) is 6.22. The van der Waals surface area contributed by atoms with Crippen molar-refractivity contribution in [3.8, 4) is 11.5 Å². The number of carbonyl (C=O) groups excluding carboxylic acids is 1. The van der Waals surface area contributed by atoms with Crippen molar-refractivity contribution < 1.29 is 14.3 Å². The molecular formula is C17H20N4O3. The summed E-state index contributed by atoms with van der Waals surface area (Å²) in [6.07, 6.45) is 2.98. The van der Waals surface area contributed by atoms with E-state index >= 15 is 0 Å². The largest absolute Gasteiger partial charge is 0.497 e. The third kappa shape index (κ3) is 3.56. The number of carbonyl (C=O) groups is 1. The van der Waals surface area contributed by atoms with Crippen molar-refractivity contribution in [2.45, 2.75) is 26.0 Å². The Hall–Kier alpha value is -2.83. The third-order valence-electron chi connectivity index (χ3n) is 3.70. The lowest BCUT2D eigenvalue weighted by molar-refractivity contribution is 0.0833. The molecule has 0 atom stereocenters. The number of urea groups is 1. The Morgan fingerprint density at radius 2 is 2.21 bits per heavy atom. The molecule has 0 bridgehead atoms. The van der Waals surface area contributed by atoms with Gasteiger partial charge >= 0.3 is 6.03 Å². The Morgan fingerprint density at radius 3 is 2.92 bits per heavy atom. The minimum absolute atomic E-state index is 0.228. The van der Waals surface area contributed by atoms with E-state index in [1.807, 2.05) is 32.0 Å². The van der Waals surface area contributed by atoms with Crippen LogP contribution in [0.3, 0.4) is 0 Å². The first-order chi connectivity index (χ1) is 11.5. The molecule has 0 spiro atoms. The van der Waals surface area contributed by atoms with Crippen LogP contribution in [-0.2, 0) is 6.54 Å². The molecule has 3 rings (SSSR count). The van der Waals surface area contributed by atoms with Gasteiger partial charge in [0.25, 0.3) is 0 Å². The molecule has 1 aromatic carbocycles. The quantitative estimate of drug-likeness (QED) is 0.917. The number of ether oxygens (including phenoxy) is 2. The van der Waals surface area contributed by atoms with Crippen molar-refractivity contribution >= 4 is 11.8 Å². The number of anilines is 1. The van der Waals surface area contributed by atoms with Crippen LogP contribution in [0.2, 0.25) is 0 Å². The molecule has 7 heteroatoms. The average molecular weight is 328 g/mol. The van der Waals surface area contributed by atoms with Gasteiger partial charge in [-0.15, -0.1) is 0 Å². The molecule has 1 aliphatic heterocycles. The van der Waals surface area contributed by atoms with Crippen LogP contribution in [0.15, 0.2) is 36.8 Å². The summed E-state index contributed by atoms with van der Waals surface area (Å²) in [5.41, 5.74) is 0.403. The molecule has 24 heavy (non-hydrogen) atoms. The molecule has 2 amide bonds. The molecule has 1 aromatic heterocycles. The summed E-state index contributed by atoms with van der Waals surface area (Å²) in [6.45, 7) is 4.79. The predicted octanol–water partition coefficient (Wildman–Crippen LogP) is 2.69. The van der Waals surface area contributed by atoms with Crippen LogP contribution in [0.1, 0.15) is 19.4 Å². The zero-order valence-electron chi connectivity index (χ0n) is 13.9. The number of hydrogen-bond acceptors (Lipinski definition) is 5. The van der Waals surface area contributed by atoms with Gasteiger partial charge in [0.1, 0.15) is 29.2 Å². The monoisotopic (exact) mass is 328 g/mol. The number of nitrogens with zero attached hydrogens (tertiary/aromatic N) is 3. The van der Waals surface area contributed by atoms with Gasteiger partial charge in [-0.1, -0.05) is 0 Å². The molecule has 0 fully saturated rings. The topological polar surface area (TPSA) is 76.6 Å². The van der Waals surface area contributed by atoms with Gasteiger partial charge in [0, 0.05) is 17.8 Å². The van der Waals surface area contributed by atoms with E-state index in [4.69, 9.17) is 9.47 Å². The standard InChI is InChI=1S/C17H20N4O3/c1-17(2)10-21(16(22)20-15-6-7-18-11-19-15)9-12-4-5-13(23-3)8-14(12)24-17/h4-8,11H,9-10H2,1-3H3,(H,18,19,20,22). The Bertz CT molecular complexity index is 734. The van der Waals surface area contributed by atoms with E-state index in [1.165, 1.54) is 6.33 Å². The molecule has 2 heterocycles. The number of hydrogen-bond donors (Lipinski definition) is 1. The lowest BCUT2D eigenvalue weighted by atomic mass is 10.1. The summed E-state index contributed by atoms with van der Waals surface area (Å²) in [5, 5.41) is 2.79. The van der Waals surface area contributed by atoms with Gasteiger partial charge in [-0.25, -0.2) is 14.8 Å². The fourth-order valence-corrected chi connectivity index (χ4v) is 2.64. The first-order valence-electron chi connectivity index (χ1n) is 7.65. The Balaban J connectivity index is 1.84. The van der Waals surface area contributed by atoms with Gasteiger partial charge in [0.15, 0.2) is 0 Å². The van der Waals surface area contributed by atoms with Gasteiger partial charge < -0.3 is 14.4 Å². The minimum Gasteiger partial charge on any atom is -0.497 e. The van der Waals surface area contributed by atoms with Crippen molar-refractivity contribution in [1.29, 1.82) is 0 Å². The average Bonchev–Trinajstić information content (AvgIpc) is 2.69. The van der Waals surface area contributed by atoms with Crippen LogP contribution in [-0.4, -0.2) is 40.2 Å². The fourth-order valence-electron chi connectivity index (χ4n) is 2.64. The molecule has 0 unspecified atom stereocenters. The summed E-state index contributed by atoms with van der Waals surface area (Å²) in [7, 11) is 1.62. The van der Waals surface area contributed by atoms with Crippen LogP contribution in [0.25, 0.3) is 0 Å². The maximum absolute atomic E-state index is 12.6. The lowest BCUT2D eigenvalue weighted by Crippen LogP contribution is -2.44. The number of methoxy groups -OCH3 is 1. The lowest BCUT2D eigenvalue weighted by Gasteiger charge is -2.29. The van der Waals surface area contributed by atoms with E-state index in [9.17, 15) is 4.79 Å². The number of nitrogens with one attached hydrogen (secondary N) is 1. The van der Waals surface area contributed by atoms with Crippen LogP contribution in [0, 0.1) is 0 Å². The minimum atomic E-state index is -0.527. The summed E-state index contributed by atoms with van der Waals surface area (Å²) in [4.78, 5) is 22.2. The molecule has 0 saturated carbocycles. The summed E-state index contributed by atoms with van der Waals surface area (Å²) in [5.74, 6) is 1.92. The molecule has 0 aliphatic carbocycles. The van der Waals surface area contributed by atoms with Crippen molar-refractivity contribution in [2.75, 3.05) is 19.0 Å². The number of fused-ring (bicyclic) bond motifs is 1. The highest BCUT2D eigenvalue weighted by atomic mass is 16.5. The number of benzene rings is 1. The second kappa shape index (κ2) is 6.35. The fraction of sp³-hybridized carbons (Fsp3) is 0.353. The predicted molar refractivity (Wildman–Crippen MR) is 89.2 cm³/mol. The van der Waals surface area contributed by atoms with Crippen LogP contribution in [0.5, 0.6) is 11.5 Å². The molecule has 7 nitrogen and oxygen atoms in total. The molecule has 1 N–H and O–H groups in total. The highest BCUT2D eigenvalue weighted by Crippen LogP contribution is 2.32. The highest BCUT2D eigenvalue weighted by molar-refractivity contribution is 5.88. The van der Waals surface area contributed by atoms with E-state index in [1.54, 1.807) is 24.3 Å². The maximum Gasteiger partial charge on any atom is 0.323 e. The molecule has 2 aromatic rings. The number of amides is 2. The van der Waals surface area contributed by atoms with Crippen molar-refractivity contribution in [3.63, 3.8) is 0 Å². The first kappa shape index (κ1) is 16.0. The van der Waals surface area contributed by atoms with E-state index in [-0.39, 0.29) is 6.03 Å². The zero-order chi connectivity index (χ0) is 17.2. The molecule has 0 saturated heterocycles. The van der Waals surface area contributed by atoms with Gasteiger partial charge in [0.2, 0.25) is 0 Å². The van der Waals surface area contributed by atoms with Crippen LogP contribution in [0.4, 0.5) is 10.6 Å². The molecule has 0 radical (unpaired) electrons. The third-order valence-corrected chi connectivity index (χ3v) is 3.70. The van der Waals surface area contributed by atoms with Crippen LogP contribution >= 0.6 is 0 Å². The van der Waals surface area contributed by atoms with E-state index in [2.05, 4.69) is 15.3 Å². The molecule has 1 aliphatic rings. The summed E-state index contributed by atoms with van der Waals surface area (Å²) >= 11 is 0. The summed E-state index contributed by atoms with van der Waals surface area (Å²) in [6, 6.07) is 7.05. The second-order valence-electron chi connectivity index (χ2n) is 6.22. The first-order valence-corrected chi connectivity index (χ1v) is 7.65. The Kier molecular flexibility index (Phi) is 4.24. The normalized spacial score (nSPS) is 15.7. The molecular weight excluding hydrogens is 308 g/mol. The van der Waals surface area contributed by atoms with Gasteiger partial charge in [0.05, 0.1) is 20.2 Å². The highest BCUT2D eigenvalue weighted by Gasteiger charge is 2.31.